The van der Waals surface area contributed by atoms with Gasteiger partial charge in [0.2, 0.25) is 0 Å². The smallest absolute Gasteiger partial charge is 0.152 e. The van der Waals surface area contributed by atoms with E-state index in [2.05, 4.69) is 24.8 Å². The van der Waals surface area contributed by atoms with Crippen LogP contribution in [0.1, 0.15) is 12.8 Å². The number of aromatic nitrogens is 4. The largest absolute Gasteiger partial charge is 0.391 e. The van der Waals surface area contributed by atoms with E-state index in [1.807, 2.05) is 30.7 Å². The van der Waals surface area contributed by atoms with E-state index in [1.165, 1.54) is 0 Å². The molecule has 0 radical (unpaired) electrons. The van der Waals surface area contributed by atoms with Crippen molar-refractivity contribution in [3.8, 4) is 0 Å². The van der Waals surface area contributed by atoms with Gasteiger partial charge in [0, 0.05) is 36.7 Å². The van der Waals surface area contributed by atoms with Crippen LogP contribution in [-0.4, -0.2) is 36.8 Å². The van der Waals surface area contributed by atoms with Gasteiger partial charge >= 0.3 is 0 Å². The molecule has 1 unspecified atom stereocenters. The molecule has 0 aliphatic heterocycles. The standard InChI is InChI=1S/C17H19N5O/c23-15-9-12(10-22-7-6-18-11-22)8-14(15)21-17-16-13(3-5-20-17)2-1-4-19-16/h1-7,11-12,14-15,23H,8-10H2,(H,20,21)/t12?,14-,15-/m1/s1. The zero-order valence-electron chi connectivity index (χ0n) is 12.7. The van der Waals surface area contributed by atoms with E-state index >= 15 is 0 Å². The van der Waals surface area contributed by atoms with Crippen LogP contribution < -0.4 is 5.32 Å². The van der Waals surface area contributed by atoms with Gasteiger partial charge in [-0.05, 0) is 30.9 Å². The molecule has 0 aromatic carbocycles. The van der Waals surface area contributed by atoms with Crippen LogP contribution in [0.15, 0.2) is 49.3 Å². The Morgan fingerprint density at radius 3 is 3.00 bits per heavy atom. The highest BCUT2D eigenvalue weighted by molar-refractivity contribution is 5.87. The van der Waals surface area contributed by atoms with Gasteiger partial charge in [-0.3, -0.25) is 4.98 Å². The van der Waals surface area contributed by atoms with Crippen LogP contribution in [0.5, 0.6) is 0 Å². The number of nitrogens with one attached hydrogen (secondary N) is 1. The van der Waals surface area contributed by atoms with E-state index in [0.29, 0.717) is 5.92 Å². The molecule has 1 aliphatic rings. The zero-order valence-corrected chi connectivity index (χ0v) is 12.7. The van der Waals surface area contributed by atoms with E-state index < -0.39 is 0 Å². The Kier molecular flexibility index (Phi) is 3.67. The SMILES string of the molecule is O[C@@H]1CC(Cn2ccnc2)C[C@H]1Nc1nccc2cccnc12. The summed E-state index contributed by atoms with van der Waals surface area (Å²) in [4.78, 5) is 12.9. The maximum Gasteiger partial charge on any atom is 0.152 e. The summed E-state index contributed by atoms with van der Waals surface area (Å²) >= 11 is 0. The Bertz CT molecular complexity index is 783. The maximum atomic E-state index is 10.4. The number of hydrogen-bond donors (Lipinski definition) is 2. The number of fused-ring (bicyclic) bond motifs is 1. The molecule has 3 heterocycles. The molecular formula is C17H19N5O. The van der Waals surface area contributed by atoms with Crippen molar-refractivity contribution in [3.63, 3.8) is 0 Å². The zero-order chi connectivity index (χ0) is 15.6. The minimum absolute atomic E-state index is 0.00336. The van der Waals surface area contributed by atoms with Gasteiger partial charge in [0.1, 0.15) is 5.52 Å². The lowest BCUT2D eigenvalue weighted by Crippen LogP contribution is -2.28. The number of pyridine rings is 2. The molecule has 118 valence electrons. The van der Waals surface area contributed by atoms with Crippen LogP contribution in [-0.2, 0) is 6.54 Å². The maximum absolute atomic E-state index is 10.4. The molecule has 1 fully saturated rings. The fourth-order valence-electron chi connectivity index (χ4n) is 3.40. The molecule has 6 nitrogen and oxygen atoms in total. The van der Waals surface area contributed by atoms with Gasteiger partial charge in [0.05, 0.1) is 18.5 Å². The van der Waals surface area contributed by atoms with Crippen molar-refractivity contribution in [2.75, 3.05) is 5.32 Å². The van der Waals surface area contributed by atoms with Gasteiger partial charge in [0.15, 0.2) is 5.82 Å². The molecule has 3 aromatic rings. The third kappa shape index (κ3) is 2.90. The van der Waals surface area contributed by atoms with Crippen LogP contribution in [0.25, 0.3) is 10.9 Å². The molecule has 0 amide bonds. The summed E-state index contributed by atoms with van der Waals surface area (Å²) in [5, 5.41) is 14.8. The minimum Gasteiger partial charge on any atom is -0.391 e. The van der Waals surface area contributed by atoms with Crippen molar-refractivity contribution >= 4 is 16.7 Å². The van der Waals surface area contributed by atoms with Gasteiger partial charge in [-0.15, -0.1) is 0 Å². The molecule has 0 saturated heterocycles. The highest BCUT2D eigenvalue weighted by Gasteiger charge is 2.33. The first kappa shape index (κ1) is 14.1. The second kappa shape index (κ2) is 5.96. The minimum atomic E-state index is -0.371. The molecule has 2 N–H and O–H groups in total. The quantitative estimate of drug-likeness (QED) is 0.771. The fourth-order valence-corrected chi connectivity index (χ4v) is 3.40. The first-order chi connectivity index (χ1) is 11.3. The summed E-state index contributed by atoms with van der Waals surface area (Å²) in [5.41, 5.74) is 0.847. The number of hydrogen-bond acceptors (Lipinski definition) is 5. The van der Waals surface area contributed by atoms with Crippen molar-refractivity contribution in [1.29, 1.82) is 0 Å². The molecule has 6 heteroatoms. The van der Waals surface area contributed by atoms with Crippen LogP contribution in [0.2, 0.25) is 0 Å². The summed E-state index contributed by atoms with van der Waals surface area (Å²) in [7, 11) is 0. The van der Waals surface area contributed by atoms with E-state index in [9.17, 15) is 5.11 Å². The first-order valence-corrected chi connectivity index (χ1v) is 7.89. The fraction of sp³-hybridized carbons (Fsp3) is 0.353. The van der Waals surface area contributed by atoms with Gasteiger partial charge in [-0.1, -0.05) is 6.07 Å². The van der Waals surface area contributed by atoms with Crippen LogP contribution in [0.3, 0.4) is 0 Å². The normalized spacial score (nSPS) is 24.1. The monoisotopic (exact) mass is 309 g/mol. The van der Waals surface area contributed by atoms with Gasteiger partial charge in [-0.25, -0.2) is 9.97 Å². The van der Waals surface area contributed by atoms with Crippen LogP contribution >= 0.6 is 0 Å². The van der Waals surface area contributed by atoms with Gasteiger partial charge in [0.25, 0.3) is 0 Å². The van der Waals surface area contributed by atoms with Gasteiger partial charge < -0.3 is 15.0 Å². The van der Waals surface area contributed by atoms with Crippen molar-refractivity contribution < 1.29 is 5.11 Å². The van der Waals surface area contributed by atoms with E-state index in [1.54, 1.807) is 18.6 Å². The second-order valence-electron chi connectivity index (χ2n) is 6.15. The summed E-state index contributed by atoms with van der Waals surface area (Å²) in [6.07, 6.45) is 10.4. The number of nitrogens with zero attached hydrogens (tertiary/aromatic N) is 4. The molecular weight excluding hydrogens is 290 g/mol. The molecule has 1 saturated carbocycles. The van der Waals surface area contributed by atoms with Crippen molar-refractivity contribution in [3.05, 3.63) is 49.3 Å². The average molecular weight is 309 g/mol. The topological polar surface area (TPSA) is 75.9 Å². The highest BCUT2D eigenvalue weighted by Crippen LogP contribution is 2.30. The van der Waals surface area contributed by atoms with Crippen LogP contribution in [0, 0.1) is 5.92 Å². The molecule has 3 aromatic heterocycles. The number of aliphatic hydroxyl groups excluding tert-OH is 1. The van der Waals surface area contributed by atoms with Crippen molar-refractivity contribution in [2.45, 2.75) is 31.5 Å². The average Bonchev–Trinajstić information content (AvgIpc) is 3.18. The predicted molar refractivity (Wildman–Crippen MR) is 87.9 cm³/mol. The number of anilines is 1. The lowest BCUT2D eigenvalue weighted by atomic mass is 10.1. The Morgan fingerprint density at radius 2 is 2.13 bits per heavy atom. The Labute approximate surface area is 134 Å². The van der Waals surface area contributed by atoms with Crippen molar-refractivity contribution in [1.82, 2.24) is 19.5 Å². The van der Waals surface area contributed by atoms with E-state index in [4.69, 9.17) is 0 Å². The molecule has 1 aliphatic carbocycles. The Morgan fingerprint density at radius 1 is 1.17 bits per heavy atom. The predicted octanol–water partition coefficient (Wildman–Crippen LogP) is 2.08. The Hall–Kier alpha value is -2.47. The molecule has 0 bridgehead atoms. The highest BCUT2D eigenvalue weighted by atomic mass is 16.3. The molecule has 4 rings (SSSR count). The van der Waals surface area contributed by atoms with E-state index in [-0.39, 0.29) is 12.1 Å². The summed E-state index contributed by atoms with van der Waals surface area (Å²) in [6.45, 7) is 0.885. The van der Waals surface area contributed by atoms with Gasteiger partial charge in [-0.2, -0.15) is 0 Å². The second-order valence-corrected chi connectivity index (χ2v) is 6.15. The third-order valence-electron chi connectivity index (χ3n) is 4.50. The van der Waals surface area contributed by atoms with Crippen LogP contribution in [0.4, 0.5) is 5.82 Å². The van der Waals surface area contributed by atoms with Crippen molar-refractivity contribution in [2.24, 2.45) is 5.92 Å². The third-order valence-corrected chi connectivity index (χ3v) is 4.50. The molecule has 3 atom stereocenters. The number of imidazole rings is 1. The summed E-state index contributed by atoms with van der Waals surface area (Å²) in [6, 6.07) is 5.88. The summed E-state index contributed by atoms with van der Waals surface area (Å²) in [5.74, 6) is 1.18. The number of aliphatic hydroxyl groups is 1. The van der Waals surface area contributed by atoms with E-state index in [0.717, 1.165) is 36.1 Å². The first-order valence-electron chi connectivity index (χ1n) is 7.89. The lowest BCUT2D eigenvalue weighted by molar-refractivity contribution is 0.166. The number of rotatable bonds is 4. The molecule has 23 heavy (non-hydrogen) atoms. The summed E-state index contributed by atoms with van der Waals surface area (Å²) < 4.78 is 2.07. The Balaban J connectivity index is 1.50. The molecule has 0 spiro atoms. The lowest BCUT2D eigenvalue weighted by Gasteiger charge is -2.18.